The lowest BCUT2D eigenvalue weighted by molar-refractivity contribution is 0.0816. The molecule has 1 amide bonds. The summed E-state index contributed by atoms with van der Waals surface area (Å²) in [6.45, 7) is 3.52. The molecule has 0 spiro atoms. The van der Waals surface area contributed by atoms with Gasteiger partial charge in [0.1, 0.15) is 5.82 Å². The Balaban J connectivity index is 1.67. The lowest BCUT2D eigenvalue weighted by Crippen LogP contribution is -2.37. The Hall–Kier alpha value is -1.66. The summed E-state index contributed by atoms with van der Waals surface area (Å²) in [5.41, 5.74) is 0.590. The van der Waals surface area contributed by atoms with E-state index < -0.39 is 0 Å². The average molecular weight is 306 g/mol. The number of aliphatic hydroxyl groups is 1. The Bertz CT molecular complexity index is 468. The van der Waals surface area contributed by atoms with Crippen molar-refractivity contribution in [3.05, 3.63) is 23.9 Å². The molecule has 1 aliphatic heterocycles. The van der Waals surface area contributed by atoms with Crippen LogP contribution in [-0.2, 0) is 0 Å². The molecule has 6 heteroatoms. The highest BCUT2D eigenvalue weighted by atomic mass is 16.3. The van der Waals surface area contributed by atoms with Crippen LogP contribution in [-0.4, -0.2) is 67.3 Å². The maximum absolute atomic E-state index is 12.0. The summed E-state index contributed by atoms with van der Waals surface area (Å²) < 4.78 is 0. The molecule has 22 heavy (non-hydrogen) atoms. The number of pyridine rings is 1. The van der Waals surface area contributed by atoms with Crippen LogP contribution in [0.4, 0.5) is 5.82 Å². The number of anilines is 1. The summed E-state index contributed by atoms with van der Waals surface area (Å²) in [5.74, 6) is 0.760. The molecule has 2 rings (SSSR count). The normalized spacial score (nSPS) is 16.5. The molecule has 0 atom stereocenters. The summed E-state index contributed by atoms with van der Waals surface area (Å²) in [4.78, 5) is 20.5. The third kappa shape index (κ3) is 4.96. The van der Waals surface area contributed by atoms with Gasteiger partial charge >= 0.3 is 0 Å². The minimum absolute atomic E-state index is 0.0770. The first-order chi connectivity index (χ1) is 10.6. The van der Waals surface area contributed by atoms with Crippen LogP contribution in [0.2, 0.25) is 0 Å². The topological polar surface area (TPSA) is 68.7 Å². The van der Waals surface area contributed by atoms with Gasteiger partial charge in [-0.15, -0.1) is 0 Å². The van der Waals surface area contributed by atoms with Crippen LogP contribution in [0.25, 0.3) is 0 Å². The number of aliphatic hydroxyl groups excluding tert-OH is 1. The maximum atomic E-state index is 12.0. The summed E-state index contributed by atoms with van der Waals surface area (Å²) in [5, 5.41) is 12.4. The van der Waals surface area contributed by atoms with E-state index in [2.05, 4.69) is 15.2 Å². The zero-order chi connectivity index (χ0) is 15.9. The number of amides is 1. The Morgan fingerprint density at radius 1 is 1.41 bits per heavy atom. The molecule has 0 bridgehead atoms. The van der Waals surface area contributed by atoms with Gasteiger partial charge in [-0.3, -0.25) is 4.79 Å². The van der Waals surface area contributed by atoms with Crippen molar-refractivity contribution in [2.45, 2.75) is 25.4 Å². The Labute approximate surface area is 132 Å². The van der Waals surface area contributed by atoms with Gasteiger partial charge in [-0.05, 0) is 37.9 Å². The van der Waals surface area contributed by atoms with Crippen LogP contribution in [0.1, 0.15) is 29.6 Å². The molecular formula is C16H26N4O2. The molecule has 0 aromatic carbocycles. The number of hydrogen-bond acceptors (Lipinski definition) is 5. The number of nitrogens with zero attached hydrogens (tertiary/aromatic N) is 3. The number of likely N-dealkylation sites (tertiary alicyclic amines) is 1. The van der Waals surface area contributed by atoms with Gasteiger partial charge in [-0.1, -0.05) is 0 Å². The van der Waals surface area contributed by atoms with Gasteiger partial charge in [0.2, 0.25) is 0 Å². The third-order valence-corrected chi connectivity index (χ3v) is 3.96. The predicted octanol–water partition coefficient (Wildman–Crippen LogP) is 0.724. The summed E-state index contributed by atoms with van der Waals surface area (Å²) in [6.07, 6.45) is 4.11. The van der Waals surface area contributed by atoms with E-state index in [1.807, 2.05) is 25.1 Å². The van der Waals surface area contributed by atoms with Crippen LogP contribution in [0.5, 0.6) is 0 Å². The van der Waals surface area contributed by atoms with E-state index in [9.17, 15) is 9.90 Å². The van der Waals surface area contributed by atoms with E-state index in [0.29, 0.717) is 12.1 Å². The summed E-state index contributed by atoms with van der Waals surface area (Å²) in [7, 11) is 3.84. The summed E-state index contributed by atoms with van der Waals surface area (Å²) >= 11 is 0. The Morgan fingerprint density at radius 2 is 2.14 bits per heavy atom. The zero-order valence-corrected chi connectivity index (χ0v) is 13.5. The molecule has 1 aromatic rings. The van der Waals surface area contributed by atoms with Crippen molar-refractivity contribution in [2.75, 3.05) is 45.2 Å². The standard InChI is InChI=1S/C16H26N4O2/c1-19(2)15-5-4-13(12-18-15)16(22)17-8-3-9-20-10-6-14(21)7-11-20/h4-5,12,14,21H,3,6-11H2,1-2H3,(H,17,22). The molecule has 0 radical (unpaired) electrons. The van der Waals surface area contributed by atoms with E-state index >= 15 is 0 Å². The Morgan fingerprint density at radius 3 is 2.73 bits per heavy atom. The van der Waals surface area contributed by atoms with Crippen LogP contribution < -0.4 is 10.2 Å². The minimum atomic E-state index is -0.131. The number of piperidine rings is 1. The molecule has 2 heterocycles. The molecule has 122 valence electrons. The van der Waals surface area contributed by atoms with Gasteiger partial charge in [0, 0.05) is 39.9 Å². The molecule has 0 unspecified atom stereocenters. The number of hydrogen-bond donors (Lipinski definition) is 2. The third-order valence-electron chi connectivity index (χ3n) is 3.96. The van der Waals surface area contributed by atoms with E-state index in [0.717, 1.165) is 44.7 Å². The first-order valence-corrected chi connectivity index (χ1v) is 7.88. The van der Waals surface area contributed by atoms with Crippen molar-refractivity contribution < 1.29 is 9.90 Å². The molecule has 1 fully saturated rings. The lowest BCUT2D eigenvalue weighted by atomic mass is 10.1. The fraction of sp³-hybridized carbons (Fsp3) is 0.625. The SMILES string of the molecule is CN(C)c1ccc(C(=O)NCCCN2CCC(O)CC2)cn1. The molecule has 1 aliphatic rings. The van der Waals surface area contributed by atoms with Gasteiger partial charge in [0.15, 0.2) is 0 Å². The van der Waals surface area contributed by atoms with Crippen molar-refractivity contribution in [1.82, 2.24) is 15.2 Å². The maximum Gasteiger partial charge on any atom is 0.252 e. The number of aromatic nitrogens is 1. The zero-order valence-electron chi connectivity index (χ0n) is 13.5. The molecule has 0 aliphatic carbocycles. The van der Waals surface area contributed by atoms with Gasteiger partial charge in [0.25, 0.3) is 5.91 Å². The van der Waals surface area contributed by atoms with Crippen molar-refractivity contribution in [3.63, 3.8) is 0 Å². The van der Waals surface area contributed by atoms with E-state index in [1.165, 1.54) is 0 Å². The highest BCUT2D eigenvalue weighted by Crippen LogP contribution is 2.10. The molecular weight excluding hydrogens is 280 g/mol. The van der Waals surface area contributed by atoms with Crippen LogP contribution in [0.15, 0.2) is 18.3 Å². The highest BCUT2D eigenvalue weighted by molar-refractivity contribution is 5.94. The molecule has 1 aromatic heterocycles. The summed E-state index contributed by atoms with van der Waals surface area (Å²) in [6, 6.07) is 3.64. The van der Waals surface area contributed by atoms with Gasteiger partial charge in [-0.2, -0.15) is 0 Å². The molecule has 6 nitrogen and oxygen atoms in total. The van der Waals surface area contributed by atoms with Crippen molar-refractivity contribution >= 4 is 11.7 Å². The van der Waals surface area contributed by atoms with Crippen LogP contribution in [0.3, 0.4) is 0 Å². The van der Waals surface area contributed by atoms with E-state index in [4.69, 9.17) is 0 Å². The fourth-order valence-electron chi connectivity index (χ4n) is 2.53. The monoisotopic (exact) mass is 306 g/mol. The first kappa shape index (κ1) is 16.7. The lowest BCUT2D eigenvalue weighted by Gasteiger charge is -2.29. The quantitative estimate of drug-likeness (QED) is 0.758. The van der Waals surface area contributed by atoms with Crippen molar-refractivity contribution in [3.8, 4) is 0 Å². The van der Waals surface area contributed by atoms with Crippen molar-refractivity contribution in [2.24, 2.45) is 0 Å². The largest absolute Gasteiger partial charge is 0.393 e. The highest BCUT2D eigenvalue weighted by Gasteiger charge is 2.16. The second-order valence-corrected chi connectivity index (χ2v) is 5.98. The molecule has 2 N–H and O–H groups in total. The van der Waals surface area contributed by atoms with Gasteiger partial charge in [-0.25, -0.2) is 4.98 Å². The first-order valence-electron chi connectivity index (χ1n) is 7.88. The number of nitrogens with one attached hydrogen (secondary N) is 1. The second-order valence-electron chi connectivity index (χ2n) is 5.98. The molecule has 0 saturated carbocycles. The fourth-order valence-corrected chi connectivity index (χ4v) is 2.53. The number of carbonyl (C=O) groups excluding carboxylic acids is 1. The van der Waals surface area contributed by atoms with Crippen LogP contribution >= 0.6 is 0 Å². The van der Waals surface area contributed by atoms with E-state index in [1.54, 1.807) is 12.3 Å². The van der Waals surface area contributed by atoms with Gasteiger partial charge in [0.05, 0.1) is 11.7 Å². The number of carbonyl (C=O) groups is 1. The number of rotatable bonds is 6. The smallest absolute Gasteiger partial charge is 0.252 e. The minimum Gasteiger partial charge on any atom is -0.393 e. The Kier molecular flexibility index (Phi) is 6.15. The van der Waals surface area contributed by atoms with Gasteiger partial charge < -0.3 is 20.2 Å². The van der Waals surface area contributed by atoms with E-state index in [-0.39, 0.29) is 12.0 Å². The average Bonchev–Trinajstić information content (AvgIpc) is 2.53. The van der Waals surface area contributed by atoms with Crippen LogP contribution in [0, 0.1) is 0 Å². The molecule has 1 saturated heterocycles. The predicted molar refractivity (Wildman–Crippen MR) is 87.2 cm³/mol. The second kappa shape index (κ2) is 8.10. The van der Waals surface area contributed by atoms with Crippen molar-refractivity contribution in [1.29, 1.82) is 0 Å².